The lowest BCUT2D eigenvalue weighted by atomic mass is 10.2. The van der Waals surface area contributed by atoms with Gasteiger partial charge in [0.2, 0.25) is 5.91 Å². The highest BCUT2D eigenvalue weighted by molar-refractivity contribution is 8.00. The summed E-state index contributed by atoms with van der Waals surface area (Å²) in [5, 5.41) is 1.30. The van der Waals surface area contributed by atoms with Crippen LogP contribution in [0.2, 0.25) is 5.02 Å². The zero-order chi connectivity index (χ0) is 19.5. The minimum Gasteiger partial charge on any atom is -0.368 e. The molecule has 0 saturated carbocycles. The lowest BCUT2D eigenvalue weighted by Crippen LogP contribution is -2.52. The standard InChI is InChI=1S/C22H26ClN3OS/c1-2-19-15-26(20-8-3-4-9-21(20)28-19)16-22(27)25-12-10-24(11-13-25)18-7-5-6-17(23)14-18/h3-9,14,19H,2,10-13,15-16H2,1H3/t19-/m0/s1. The number of amides is 1. The van der Waals surface area contributed by atoms with Crippen molar-refractivity contribution in [2.24, 2.45) is 0 Å². The van der Waals surface area contributed by atoms with Crippen LogP contribution in [0.4, 0.5) is 11.4 Å². The summed E-state index contributed by atoms with van der Waals surface area (Å²) in [4.78, 5) is 20.9. The fourth-order valence-corrected chi connectivity index (χ4v) is 5.33. The number of thioether (sulfide) groups is 1. The highest BCUT2D eigenvalue weighted by atomic mass is 35.5. The largest absolute Gasteiger partial charge is 0.368 e. The molecule has 0 spiro atoms. The van der Waals surface area contributed by atoms with Crippen molar-refractivity contribution in [3.05, 3.63) is 53.6 Å². The van der Waals surface area contributed by atoms with Gasteiger partial charge in [-0.25, -0.2) is 0 Å². The van der Waals surface area contributed by atoms with E-state index in [0.717, 1.165) is 49.9 Å². The molecule has 4 nitrogen and oxygen atoms in total. The molecule has 1 fully saturated rings. The monoisotopic (exact) mass is 415 g/mol. The molecule has 2 aromatic rings. The first-order chi connectivity index (χ1) is 13.6. The molecular formula is C22H26ClN3OS. The summed E-state index contributed by atoms with van der Waals surface area (Å²) in [6.45, 7) is 6.82. The Bertz CT molecular complexity index is 838. The van der Waals surface area contributed by atoms with Crippen molar-refractivity contribution in [3.63, 3.8) is 0 Å². The number of carbonyl (C=O) groups excluding carboxylic acids is 1. The SMILES string of the molecule is CC[C@H]1CN(CC(=O)N2CCN(c3cccc(Cl)c3)CC2)c2ccccc2S1. The molecule has 0 bridgehead atoms. The van der Waals surface area contributed by atoms with E-state index in [-0.39, 0.29) is 5.91 Å². The van der Waals surface area contributed by atoms with Gasteiger partial charge in [0.25, 0.3) is 0 Å². The van der Waals surface area contributed by atoms with Crippen molar-refractivity contribution in [1.29, 1.82) is 0 Å². The van der Waals surface area contributed by atoms with E-state index >= 15 is 0 Å². The molecule has 1 saturated heterocycles. The van der Waals surface area contributed by atoms with Gasteiger partial charge in [-0.15, -0.1) is 11.8 Å². The lowest BCUT2D eigenvalue weighted by Gasteiger charge is -2.39. The zero-order valence-corrected chi connectivity index (χ0v) is 17.8. The first-order valence-corrected chi connectivity index (χ1v) is 11.2. The molecule has 4 rings (SSSR count). The molecule has 2 aliphatic heterocycles. The number of para-hydroxylation sites is 1. The number of carbonyl (C=O) groups is 1. The van der Waals surface area contributed by atoms with E-state index in [1.807, 2.05) is 34.9 Å². The molecule has 0 radical (unpaired) electrons. The Morgan fingerprint density at radius 3 is 2.64 bits per heavy atom. The molecule has 0 aliphatic carbocycles. The molecule has 2 aliphatic rings. The van der Waals surface area contributed by atoms with Gasteiger partial charge in [0, 0.05) is 53.6 Å². The van der Waals surface area contributed by atoms with Crippen LogP contribution in [-0.2, 0) is 4.79 Å². The Kier molecular flexibility index (Phi) is 6.02. The molecule has 0 unspecified atom stereocenters. The fourth-order valence-electron chi connectivity index (χ4n) is 3.89. The summed E-state index contributed by atoms with van der Waals surface area (Å²) in [6.07, 6.45) is 1.11. The highest BCUT2D eigenvalue weighted by Crippen LogP contribution is 2.39. The van der Waals surface area contributed by atoms with Crippen LogP contribution in [0.5, 0.6) is 0 Å². The van der Waals surface area contributed by atoms with Crippen LogP contribution in [0.15, 0.2) is 53.4 Å². The number of hydrogen-bond donors (Lipinski definition) is 0. The number of halogens is 1. The molecule has 1 atom stereocenters. The molecule has 28 heavy (non-hydrogen) atoms. The number of hydrogen-bond acceptors (Lipinski definition) is 4. The molecule has 6 heteroatoms. The molecule has 0 N–H and O–H groups in total. The first kappa shape index (κ1) is 19.5. The number of benzene rings is 2. The molecule has 0 aromatic heterocycles. The predicted molar refractivity (Wildman–Crippen MR) is 119 cm³/mol. The van der Waals surface area contributed by atoms with Crippen LogP contribution in [-0.4, -0.2) is 55.3 Å². The molecule has 1 amide bonds. The lowest BCUT2D eigenvalue weighted by molar-refractivity contribution is -0.130. The van der Waals surface area contributed by atoms with E-state index in [4.69, 9.17) is 11.6 Å². The Labute approximate surface area is 176 Å². The number of rotatable bonds is 4. The Morgan fingerprint density at radius 2 is 1.89 bits per heavy atom. The summed E-state index contributed by atoms with van der Waals surface area (Å²) >= 11 is 8.06. The molecule has 148 valence electrons. The number of anilines is 2. The summed E-state index contributed by atoms with van der Waals surface area (Å²) < 4.78 is 0. The molecule has 2 heterocycles. The Balaban J connectivity index is 1.38. The summed E-state index contributed by atoms with van der Waals surface area (Å²) in [5.74, 6) is 0.224. The minimum absolute atomic E-state index is 0.224. The van der Waals surface area contributed by atoms with Gasteiger partial charge in [0.1, 0.15) is 0 Å². The van der Waals surface area contributed by atoms with Gasteiger partial charge in [-0.2, -0.15) is 0 Å². The topological polar surface area (TPSA) is 26.8 Å². The second-order valence-corrected chi connectivity index (χ2v) is 9.12. The van der Waals surface area contributed by atoms with E-state index in [9.17, 15) is 4.79 Å². The molecule has 2 aromatic carbocycles. The van der Waals surface area contributed by atoms with E-state index in [0.29, 0.717) is 11.8 Å². The zero-order valence-electron chi connectivity index (χ0n) is 16.2. The number of piperazine rings is 1. The van der Waals surface area contributed by atoms with E-state index in [2.05, 4.69) is 47.1 Å². The third-order valence-electron chi connectivity index (χ3n) is 5.51. The maximum atomic E-state index is 13.0. The number of nitrogens with zero attached hydrogens (tertiary/aromatic N) is 3. The van der Waals surface area contributed by atoms with Gasteiger partial charge >= 0.3 is 0 Å². The van der Waals surface area contributed by atoms with Gasteiger partial charge in [-0.3, -0.25) is 4.79 Å². The van der Waals surface area contributed by atoms with Crippen molar-refractivity contribution in [2.75, 3.05) is 49.1 Å². The normalized spacial score (nSPS) is 19.5. The van der Waals surface area contributed by atoms with Gasteiger partial charge in [-0.1, -0.05) is 36.7 Å². The quantitative estimate of drug-likeness (QED) is 0.740. The molecular weight excluding hydrogens is 390 g/mol. The summed E-state index contributed by atoms with van der Waals surface area (Å²) in [5.41, 5.74) is 2.33. The van der Waals surface area contributed by atoms with Crippen molar-refractivity contribution in [1.82, 2.24) is 4.90 Å². The average molecular weight is 416 g/mol. The third kappa shape index (κ3) is 4.26. The Morgan fingerprint density at radius 1 is 1.11 bits per heavy atom. The second-order valence-electron chi connectivity index (χ2n) is 7.34. The van der Waals surface area contributed by atoms with Crippen LogP contribution in [0.3, 0.4) is 0 Å². The minimum atomic E-state index is 0.224. The fraction of sp³-hybridized carbons (Fsp3) is 0.409. The maximum Gasteiger partial charge on any atom is 0.242 e. The van der Waals surface area contributed by atoms with Crippen LogP contribution in [0.1, 0.15) is 13.3 Å². The van der Waals surface area contributed by atoms with E-state index in [1.165, 1.54) is 10.6 Å². The average Bonchev–Trinajstić information content (AvgIpc) is 2.73. The Hall–Kier alpha value is -1.85. The smallest absolute Gasteiger partial charge is 0.242 e. The highest BCUT2D eigenvalue weighted by Gasteiger charge is 2.28. The van der Waals surface area contributed by atoms with Crippen LogP contribution in [0, 0.1) is 0 Å². The van der Waals surface area contributed by atoms with Crippen molar-refractivity contribution in [2.45, 2.75) is 23.5 Å². The third-order valence-corrected chi connectivity index (χ3v) is 7.16. The first-order valence-electron chi connectivity index (χ1n) is 9.93. The van der Waals surface area contributed by atoms with Gasteiger partial charge in [0.05, 0.1) is 12.2 Å². The van der Waals surface area contributed by atoms with Crippen LogP contribution in [0.25, 0.3) is 0 Å². The second kappa shape index (κ2) is 8.66. The van der Waals surface area contributed by atoms with Crippen LogP contribution < -0.4 is 9.80 Å². The van der Waals surface area contributed by atoms with E-state index in [1.54, 1.807) is 0 Å². The maximum absolute atomic E-state index is 13.0. The number of fused-ring (bicyclic) bond motifs is 1. The van der Waals surface area contributed by atoms with Gasteiger partial charge in [0.15, 0.2) is 0 Å². The summed E-state index contributed by atoms with van der Waals surface area (Å²) in [6, 6.07) is 16.4. The van der Waals surface area contributed by atoms with Crippen molar-refractivity contribution in [3.8, 4) is 0 Å². The van der Waals surface area contributed by atoms with Gasteiger partial charge < -0.3 is 14.7 Å². The van der Waals surface area contributed by atoms with E-state index < -0.39 is 0 Å². The predicted octanol–water partition coefficient (Wildman–Crippen LogP) is 4.38. The van der Waals surface area contributed by atoms with Crippen molar-refractivity contribution < 1.29 is 4.79 Å². The van der Waals surface area contributed by atoms with Crippen molar-refractivity contribution >= 4 is 40.6 Å². The van der Waals surface area contributed by atoms with Crippen LogP contribution >= 0.6 is 23.4 Å². The van der Waals surface area contributed by atoms with Gasteiger partial charge in [-0.05, 0) is 36.8 Å². The summed E-state index contributed by atoms with van der Waals surface area (Å²) in [7, 11) is 0.